The topological polar surface area (TPSA) is 66.2 Å². The first-order valence-corrected chi connectivity index (χ1v) is 8.87. The van der Waals surface area contributed by atoms with Crippen molar-refractivity contribution in [1.29, 1.82) is 0 Å². The summed E-state index contributed by atoms with van der Waals surface area (Å²) in [5.74, 6) is 0.379. The minimum absolute atomic E-state index is 0.0563. The van der Waals surface area contributed by atoms with E-state index in [0.29, 0.717) is 0 Å². The Labute approximate surface area is 153 Å². The Balaban J connectivity index is 1.84. The number of hydrogen-bond donors (Lipinski definition) is 0. The highest BCUT2D eigenvalue weighted by atomic mass is 16.6. The van der Waals surface area contributed by atoms with Crippen LogP contribution in [-0.2, 0) is 4.74 Å². The van der Waals surface area contributed by atoms with Gasteiger partial charge in [0.2, 0.25) is 0 Å². The molecule has 0 radical (unpaired) electrons. The molecule has 0 saturated heterocycles. The second-order valence-corrected chi connectivity index (χ2v) is 7.42. The van der Waals surface area contributed by atoms with Gasteiger partial charge >= 0.3 is 5.97 Å². The Morgan fingerprint density at radius 2 is 1.96 bits per heavy atom. The fourth-order valence-electron chi connectivity index (χ4n) is 3.08. The lowest BCUT2D eigenvalue weighted by Crippen LogP contribution is -2.24. The molecule has 1 aliphatic rings. The summed E-state index contributed by atoms with van der Waals surface area (Å²) >= 11 is 0. The molecule has 1 atom stereocenters. The number of esters is 1. The van der Waals surface area contributed by atoms with Crippen LogP contribution >= 0.6 is 0 Å². The maximum atomic E-state index is 12.2. The highest BCUT2D eigenvalue weighted by molar-refractivity contribution is 5.87. The van der Waals surface area contributed by atoms with Crippen molar-refractivity contribution in [3.05, 3.63) is 47.8 Å². The molecule has 1 aromatic carbocycles. The molecule has 6 nitrogen and oxygen atoms in total. The fraction of sp³-hybridized carbons (Fsp3) is 0.450. The van der Waals surface area contributed by atoms with Crippen molar-refractivity contribution in [3.8, 4) is 5.75 Å². The smallest absolute Gasteiger partial charge is 0.361 e. The molecule has 0 amide bonds. The zero-order chi connectivity index (χ0) is 18.7. The van der Waals surface area contributed by atoms with E-state index in [2.05, 4.69) is 28.5 Å². The van der Waals surface area contributed by atoms with E-state index >= 15 is 0 Å². The number of carbonyl (C=O) groups is 1. The number of benzene rings is 1. The van der Waals surface area contributed by atoms with Gasteiger partial charge in [-0.25, -0.2) is 9.48 Å². The number of hydrogen-bond acceptors (Lipinski definition) is 5. The SMILES string of the molecule is COc1ccc(C2=CCCC[C@H]2n2cc(C(=O)OC(C)(C)C)nn2)cc1. The molecule has 1 aromatic heterocycles. The first-order chi connectivity index (χ1) is 12.4. The number of carbonyl (C=O) groups excluding carboxylic acids is 1. The summed E-state index contributed by atoms with van der Waals surface area (Å²) in [4.78, 5) is 12.2. The van der Waals surface area contributed by atoms with Crippen LogP contribution in [0.25, 0.3) is 5.57 Å². The number of methoxy groups -OCH3 is 1. The van der Waals surface area contributed by atoms with Gasteiger partial charge in [-0.15, -0.1) is 5.10 Å². The Hall–Kier alpha value is -2.63. The van der Waals surface area contributed by atoms with E-state index in [1.54, 1.807) is 18.0 Å². The lowest BCUT2D eigenvalue weighted by atomic mass is 9.89. The Morgan fingerprint density at radius 3 is 2.62 bits per heavy atom. The van der Waals surface area contributed by atoms with Gasteiger partial charge in [0, 0.05) is 0 Å². The second kappa shape index (κ2) is 7.32. The number of nitrogens with zero attached hydrogens (tertiary/aromatic N) is 3. The van der Waals surface area contributed by atoms with Crippen LogP contribution in [0.4, 0.5) is 0 Å². The van der Waals surface area contributed by atoms with Crippen molar-refractivity contribution in [2.45, 2.75) is 51.7 Å². The van der Waals surface area contributed by atoms with Gasteiger partial charge in [0.1, 0.15) is 11.4 Å². The summed E-state index contributed by atoms with van der Waals surface area (Å²) in [6, 6.07) is 8.06. The van der Waals surface area contributed by atoms with Crippen molar-refractivity contribution in [2.24, 2.45) is 0 Å². The Morgan fingerprint density at radius 1 is 1.23 bits per heavy atom. The first-order valence-electron chi connectivity index (χ1n) is 8.87. The molecule has 0 bridgehead atoms. The summed E-state index contributed by atoms with van der Waals surface area (Å²) in [7, 11) is 1.66. The van der Waals surface area contributed by atoms with Crippen molar-refractivity contribution >= 4 is 11.5 Å². The van der Waals surface area contributed by atoms with Gasteiger partial charge in [-0.3, -0.25) is 0 Å². The largest absolute Gasteiger partial charge is 0.497 e. The predicted octanol–water partition coefficient (Wildman–Crippen LogP) is 4.05. The summed E-state index contributed by atoms with van der Waals surface area (Å²) in [5.41, 5.74) is 2.00. The molecule has 2 aromatic rings. The van der Waals surface area contributed by atoms with Crippen LogP contribution in [0.3, 0.4) is 0 Å². The van der Waals surface area contributed by atoms with Crippen LogP contribution in [0.5, 0.6) is 5.75 Å². The molecule has 0 spiro atoms. The van der Waals surface area contributed by atoms with E-state index in [1.807, 2.05) is 32.9 Å². The molecule has 0 fully saturated rings. The molecule has 1 heterocycles. The van der Waals surface area contributed by atoms with Gasteiger partial charge in [-0.2, -0.15) is 0 Å². The number of allylic oxidation sites excluding steroid dienone is 2. The standard InChI is InChI=1S/C20H25N3O3/c1-20(2,3)26-19(24)17-13-23(22-21-17)18-8-6-5-7-16(18)14-9-11-15(25-4)12-10-14/h7,9-13,18H,5-6,8H2,1-4H3/t18-/m1/s1. The molecule has 0 N–H and O–H groups in total. The lowest BCUT2D eigenvalue weighted by Gasteiger charge is -2.24. The fourth-order valence-corrected chi connectivity index (χ4v) is 3.08. The van der Waals surface area contributed by atoms with Gasteiger partial charge < -0.3 is 9.47 Å². The van der Waals surface area contributed by atoms with Crippen LogP contribution in [0.1, 0.15) is 62.1 Å². The first kappa shape index (κ1) is 18.2. The Bertz CT molecular complexity index is 800. The quantitative estimate of drug-likeness (QED) is 0.774. The molecular weight excluding hydrogens is 330 g/mol. The zero-order valence-electron chi connectivity index (χ0n) is 15.7. The monoisotopic (exact) mass is 355 g/mol. The minimum atomic E-state index is -0.556. The van der Waals surface area contributed by atoms with Crippen LogP contribution in [0.15, 0.2) is 36.5 Å². The molecule has 26 heavy (non-hydrogen) atoms. The molecular formula is C20H25N3O3. The summed E-state index contributed by atoms with van der Waals surface area (Å²) in [6.45, 7) is 5.50. The molecule has 1 aliphatic carbocycles. The third-order valence-electron chi connectivity index (χ3n) is 4.27. The van der Waals surface area contributed by atoms with Crippen molar-refractivity contribution < 1.29 is 14.3 Å². The maximum absolute atomic E-state index is 12.2. The number of rotatable bonds is 4. The van der Waals surface area contributed by atoms with Crippen molar-refractivity contribution in [2.75, 3.05) is 7.11 Å². The van der Waals surface area contributed by atoms with E-state index in [1.165, 1.54) is 5.57 Å². The van der Waals surface area contributed by atoms with Crippen molar-refractivity contribution in [3.63, 3.8) is 0 Å². The average Bonchev–Trinajstić information content (AvgIpc) is 3.11. The predicted molar refractivity (Wildman–Crippen MR) is 99.0 cm³/mol. The van der Waals surface area contributed by atoms with Gasteiger partial charge in [-0.1, -0.05) is 23.4 Å². The minimum Gasteiger partial charge on any atom is -0.497 e. The molecule has 0 aliphatic heterocycles. The summed E-state index contributed by atoms with van der Waals surface area (Å²) < 4.78 is 12.4. The van der Waals surface area contributed by atoms with Crippen LogP contribution in [-0.4, -0.2) is 33.7 Å². The summed E-state index contributed by atoms with van der Waals surface area (Å²) in [6.07, 6.45) is 6.98. The van der Waals surface area contributed by atoms with Gasteiger partial charge in [0.05, 0.1) is 19.3 Å². The Kier molecular flexibility index (Phi) is 5.11. The molecule has 6 heteroatoms. The maximum Gasteiger partial charge on any atom is 0.361 e. The van der Waals surface area contributed by atoms with E-state index < -0.39 is 11.6 Å². The van der Waals surface area contributed by atoms with E-state index in [-0.39, 0.29) is 11.7 Å². The molecule has 0 unspecified atom stereocenters. The molecule has 0 saturated carbocycles. The van der Waals surface area contributed by atoms with E-state index in [9.17, 15) is 4.79 Å². The zero-order valence-corrected chi connectivity index (χ0v) is 15.7. The molecule has 138 valence electrons. The van der Waals surface area contributed by atoms with Crippen LogP contribution < -0.4 is 4.74 Å². The van der Waals surface area contributed by atoms with Gasteiger partial charge in [-0.05, 0) is 63.3 Å². The van der Waals surface area contributed by atoms with Gasteiger partial charge in [0.25, 0.3) is 0 Å². The normalized spacial score (nSPS) is 17.5. The lowest BCUT2D eigenvalue weighted by molar-refractivity contribution is 0.00627. The number of ether oxygens (including phenoxy) is 2. The highest BCUT2D eigenvalue weighted by Gasteiger charge is 2.25. The van der Waals surface area contributed by atoms with E-state index in [0.717, 1.165) is 30.6 Å². The molecule has 3 rings (SSSR count). The van der Waals surface area contributed by atoms with Gasteiger partial charge in [0.15, 0.2) is 5.69 Å². The van der Waals surface area contributed by atoms with Crippen LogP contribution in [0, 0.1) is 0 Å². The second-order valence-electron chi connectivity index (χ2n) is 7.42. The third kappa shape index (κ3) is 4.12. The summed E-state index contributed by atoms with van der Waals surface area (Å²) in [5, 5.41) is 8.22. The van der Waals surface area contributed by atoms with E-state index in [4.69, 9.17) is 9.47 Å². The number of aromatic nitrogens is 3. The third-order valence-corrected chi connectivity index (χ3v) is 4.27. The van der Waals surface area contributed by atoms with Crippen LogP contribution in [0.2, 0.25) is 0 Å². The van der Waals surface area contributed by atoms with Crippen molar-refractivity contribution in [1.82, 2.24) is 15.0 Å². The average molecular weight is 355 g/mol. The highest BCUT2D eigenvalue weighted by Crippen LogP contribution is 2.36.